The van der Waals surface area contributed by atoms with Gasteiger partial charge in [-0.3, -0.25) is 19.0 Å². The van der Waals surface area contributed by atoms with Crippen molar-refractivity contribution in [3.05, 3.63) is 65.2 Å². The molecule has 1 atom stereocenters. The van der Waals surface area contributed by atoms with Gasteiger partial charge in [0.25, 0.3) is 17.9 Å². The molecule has 4 rings (SSSR count). The molecule has 11 heteroatoms. The molecule has 1 aliphatic heterocycles. The van der Waals surface area contributed by atoms with Crippen molar-refractivity contribution in [1.29, 1.82) is 0 Å². The number of carbonyl (C=O) groups excluding carboxylic acids is 1. The summed E-state index contributed by atoms with van der Waals surface area (Å²) in [5, 5.41) is 17.5. The number of aromatic nitrogens is 5. The summed E-state index contributed by atoms with van der Waals surface area (Å²) in [6, 6.07) is 8.87. The molecular weight excluding hydrogens is 402 g/mol. The van der Waals surface area contributed by atoms with E-state index in [4.69, 9.17) is 9.90 Å². The van der Waals surface area contributed by atoms with Crippen LogP contribution in [0.5, 0.6) is 0 Å². The minimum Gasteiger partial charge on any atom is -0.483 e. The average Bonchev–Trinajstić information content (AvgIpc) is 3.33. The first-order chi connectivity index (χ1) is 15.1. The van der Waals surface area contributed by atoms with Crippen LogP contribution in [0.4, 0.5) is 5.82 Å². The summed E-state index contributed by atoms with van der Waals surface area (Å²) in [6.45, 7) is 1.93. The first kappa shape index (κ1) is 21.7. The highest BCUT2D eigenvalue weighted by atomic mass is 16.3. The molecule has 31 heavy (non-hydrogen) atoms. The predicted octanol–water partition coefficient (Wildman–Crippen LogP) is 0.698. The summed E-state index contributed by atoms with van der Waals surface area (Å²) < 4.78 is 1.72. The van der Waals surface area contributed by atoms with Gasteiger partial charge >= 0.3 is 0 Å². The number of benzene rings is 1. The Morgan fingerprint density at radius 3 is 2.77 bits per heavy atom. The number of amides is 1. The van der Waals surface area contributed by atoms with Crippen LogP contribution in [0.1, 0.15) is 23.2 Å². The fraction of sp³-hybridized carbons (Fsp3) is 0.300. The van der Waals surface area contributed by atoms with Gasteiger partial charge in [-0.05, 0) is 30.9 Å². The summed E-state index contributed by atoms with van der Waals surface area (Å²) in [5.41, 5.74) is 1.15. The van der Waals surface area contributed by atoms with Gasteiger partial charge in [-0.15, -0.1) is 10.2 Å². The number of nitrogens with one attached hydrogen (secondary N) is 2. The molecule has 0 spiro atoms. The first-order valence-electron chi connectivity index (χ1n) is 9.72. The number of carboxylic acid groups (broad SMARTS) is 1. The van der Waals surface area contributed by atoms with E-state index in [-0.39, 0.29) is 17.9 Å². The van der Waals surface area contributed by atoms with Gasteiger partial charge in [0.2, 0.25) is 0 Å². The van der Waals surface area contributed by atoms with Gasteiger partial charge in [0.05, 0.1) is 17.6 Å². The highest BCUT2D eigenvalue weighted by Gasteiger charge is 2.22. The highest BCUT2D eigenvalue weighted by Crippen LogP contribution is 2.20. The smallest absolute Gasteiger partial charge is 0.290 e. The van der Waals surface area contributed by atoms with Crippen molar-refractivity contribution in [3.63, 3.8) is 0 Å². The number of anilines is 1. The Bertz CT molecular complexity index is 1050. The summed E-state index contributed by atoms with van der Waals surface area (Å²) >= 11 is 0. The van der Waals surface area contributed by atoms with Gasteiger partial charge in [-0.25, -0.2) is 4.98 Å². The lowest BCUT2D eigenvalue weighted by molar-refractivity contribution is -0.122. The number of piperidine rings is 1. The Morgan fingerprint density at radius 2 is 2.03 bits per heavy atom. The molecule has 162 valence electrons. The van der Waals surface area contributed by atoms with E-state index in [1.165, 1.54) is 12.4 Å². The summed E-state index contributed by atoms with van der Waals surface area (Å²) in [7, 11) is 0. The predicted molar refractivity (Wildman–Crippen MR) is 112 cm³/mol. The maximum Gasteiger partial charge on any atom is 0.290 e. The Balaban J connectivity index is 0.000000858. The minimum atomic E-state index is -0.250. The zero-order valence-electron chi connectivity index (χ0n) is 16.7. The second-order valence-corrected chi connectivity index (χ2v) is 6.93. The second kappa shape index (κ2) is 10.7. The van der Waals surface area contributed by atoms with E-state index in [9.17, 15) is 9.59 Å². The van der Waals surface area contributed by atoms with Crippen molar-refractivity contribution in [2.24, 2.45) is 5.92 Å². The molecule has 0 bridgehead atoms. The van der Waals surface area contributed by atoms with E-state index in [1.54, 1.807) is 23.3 Å². The lowest BCUT2D eigenvalue weighted by atomic mass is 9.98. The molecule has 1 aromatic carbocycles. The largest absolute Gasteiger partial charge is 0.483 e. The van der Waals surface area contributed by atoms with Crippen molar-refractivity contribution >= 4 is 18.2 Å². The molecule has 1 fully saturated rings. The Kier molecular flexibility index (Phi) is 7.46. The van der Waals surface area contributed by atoms with E-state index < -0.39 is 0 Å². The first-order valence-corrected chi connectivity index (χ1v) is 9.72. The van der Waals surface area contributed by atoms with Crippen LogP contribution in [0.25, 0.3) is 5.69 Å². The lowest BCUT2D eigenvalue weighted by Crippen LogP contribution is -2.41. The molecule has 0 aliphatic carbocycles. The van der Waals surface area contributed by atoms with Gasteiger partial charge in [-0.1, -0.05) is 12.1 Å². The van der Waals surface area contributed by atoms with E-state index in [0.717, 1.165) is 31.6 Å². The van der Waals surface area contributed by atoms with Crippen LogP contribution in [0.2, 0.25) is 0 Å². The maximum atomic E-state index is 12.8. The van der Waals surface area contributed by atoms with Crippen LogP contribution in [-0.4, -0.2) is 61.9 Å². The summed E-state index contributed by atoms with van der Waals surface area (Å²) in [6.07, 6.45) is 6.57. The van der Waals surface area contributed by atoms with E-state index in [1.807, 2.05) is 18.2 Å². The third-order valence-electron chi connectivity index (χ3n) is 4.90. The van der Waals surface area contributed by atoms with Crippen molar-refractivity contribution in [2.45, 2.75) is 12.8 Å². The minimum absolute atomic E-state index is 0.129. The lowest BCUT2D eigenvalue weighted by Gasteiger charge is -2.33. The quantitative estimate of drug-likeness (QED) is 0.506. The standard InChI is InChI=1S/C19H21N7O2.CH2O2/c27-18-8-17(21-11-22-18)25-7-3-4-14(10-25)9-20-19(28)15-5-1-2-6-16(15)26-12-23-24-13-26;2-1-3/h1-2,5-6,8,11-14H,3-4,7,9-10H2,(H,20,28)(H,21,22,27);1H,(H,2,3). The third-order valence-corrected chi connectivity index (χ3v) is 4.90. The number of nitrogens with zero attached hydrogens (tertiary/aromatic N) is 5. The van der Waals surface area contributed by atoms with Crippen molar-refractivity contribution in [3.8, 4) is 5.69 Å². The number of H-pyrrole nitrogens is 1. The van der Waals surface area contributed by atoms with E-state index >= 15 is 0 Å². The average molecular weight is 425 g/mol. The van der Waals surface area contributed by atoms with Gasteiger partial charge in [0.1, 0.15) is 18.5 Å². The Morgan fingerprint density at radius 1 is 1.29 bits per heavy atom. The molecule has 3 heterocycles. The zero-order valence-corrected chi connectivity index (χ0v) is 16.7. The number of aromatic amines is 1. The van der Waals surface area contributed by atoms with Gasteiger partial charge < -0.3 is 20.3 Å². The number of rotatable bonds is 5. The maximum absolute atomic E-state index is 12.8. The van der Waals surface area contributed by atoms with E-state index in [0.29, 0.717) is 23.8 Å². The molecule has 1 unspecified atom stereocenters. The number of para-hydroxylation sites is 1. The fourth-order valence-corrected chi connectivity index (χ4v) is 3.52. The van der Waals surface area contributed by atoms with Crippen LogP contribution in [0, 0.1) is 5.92 Å². The normalized spacial score (nSPS) is 15.5. The SMILES string of the molecule is O=C(NCC1CCCN(c2cc(=O)[nH]cn2)C1)c1ccccc1-n1cnnc1.O=CO. The van der Waals surface area contributed by atoms with Crippen LogP contribution >= 0.6 is 0 Å². The van der Waals surface area contributed by atoms with Crippen molar-refractivity contribution in [1.82, 2.24) is 30.0 Å². The monoisotopic (exact) mass is 425 g/mol. The van der Waals surface area contributed by atoms with Gasteiger partial charge in [0, 0.05) is 25.7 Å². The van der Waals surface area contributed by atoms with Crippen molar-refractivity contribution < 1.29 is 14.7 Å². The van der Waals surface area contributed by atoms with E-state index in [2.05, 4.69) is 30.4 Å². The van der Waals surface area contributed by atoms with Crippen LogP contribution in [-0.2, 0) is 4.79 Å². The van der Waals surface area contributed by atoms with Crippen molar-refractivity contribution in [2.75, 3.05) is 24.5 Å². The summed E-state index contributed by atoms with van der Waals surface area (Å²) in [4.78, 5) is 41.5. The van der Waals surface area contributed by atoms with Crippen LogP contribution in [0.15, 0.2) is 54.1 Å². The fourth-order valence-electron chi connectivity index (χ4n) is 3.52. The third kappa shape index (κ3) is 5.75. The zero-order chi connectivity index (χ0) is 22.1. The topological polar surface area (TPSA) is 146 Å². The Labute approximate surface area is 177 Å². The highest BCUT2D eigenvalue weighted by molar-refractivity contribution is 5.97. The number of hydrogen-bond acceptors (Lipinski definition) is 7. The molecule has 2 aromatic heterocycles. The molecule has 0 saturated carbocycles. The molecule has 3 aromatic rings. The molecular formula is C20H23N7O4. The summed E-state index contributed by atoms with van der Waals surface area (Å²) in [5.74, 6) is 0.842. The number of carbonyl (C=O) groups is 2. The van der Waals surface area contributed by atoms with Crippen LogP contribution in [0.3, 0.4) is 0 Å². The molecule has 1 saturated heterocycles. The molecule has 11 nitrogen and oxygen atoms in total. The van der Waals surface area contributed by atoms with Gasteiger partial charge in [0.15, 0.2) is 0 Å². The van der Waals surface area contributed by atoms with Gasteiger partial charge in [-0.2, -0.15) is 0 Å². The molecule has 1 amide bonds. The number of hydrogen-bond donors (Lipinski definition) is 3. The molecule has 3 N–H and O–H groups in total. The second-order valence-electron chi connectivity index (χ2n) is 6.93. The molecule has 1 aliphatic rings. The Hall–Kier alpha value is -4.02. The molecule has 0 radical (unpaired) electrons. The van der Waals surface area contributed by atoms with Crippen LogP contribution < -0.4 is 15.8 Å².